The molecule has 0 atom stereocenters. The van der Waals surface area contributed by atoms with Crippen LogP contribution >= 0.6 is 0 Å². The topological polar surface area (TPSA) is 18.5 Å². The molecule has 2 nitrogen and oxygen atoms in total. The van der Waals surface area contributed by atoms with Crippen molar-refractivity contribution in [2.24, 2.45) is 0 Å². The van der Waals surface area contributed by atoms with Gasteiger partial charge in [0, 0.05) is 27.9 Å². The molecular formula is C33H54O2Te. The van der Waals surface area contributed by atoms with Crippen molar-refractivity contribution in [1.29, 1.82) is 0 Å². The number of benzene rings is 4. The molecule has 0 aliphatic heterocycles. The number of fused-ring (bicyclic) bond motifs is 2. The van der Waals surface area contributed by atoms with Gasteiger partial charge in [-0.25, -0.2) is 0 Å². The van der Waals surface area contributed by atoms with Crippen molar-refractivity contribution >= 4 is 39.7 Å². The first-order valence-electron chi connectivity index (χ1n) is 12.7. The van der Waals surface area contributed by atoms with E-state index in [4.69, 9.17) is 0 Å². The van der Waals surface area contributed by atoms with Gasteiger partial charge >= 0.3 is 38.1 Å². The Bertz CT molecular complexity index is 752. The minimum Gasteiger partial charge on any atom is -0.0616 e. The van der Waals surface area contributed by atoms with Crippen molar-refractivity contribution in [2.45, 2.75) is 54.5 Å². The molecule has 3 heteroatoms. The third kappa shape index (κ3) is 25.2. The molecule has 0 N–H and O–H groups in total. The predicted molar refractivity (Wildman–Crippen MR) is 170 cm³/mol. The summed E-state index contributed by atoms with van der Waals surface area (Å²) in [6.45, 7) is 10.8. The van der Waals surface area contributed by atoms with Gasteiger partial charge in [-0.05, 0) is 28.5 Å². The molecule has 0 spiro atoms. The molecular weight excluding hydrogens is 556 g/mol. The summed E-state index contributed by atoms with van der Waals surface area (Å²) < 4.78 is 8.79. The summed E-state index contributed by atoms with van der Waals surface area (Å²) in [6.07, 6.45) is 0. The Labute approximate surface area is 227 Å². The number of methoxy groups -OCH3 is 2. The monoisotopic (exact) mass is 612 g/mol. The Balaban J connectivity index is -0.000000392. The van der Waals surface area contributed by atoms with Crippen molar-refractivity contribution < 1.29 is 9.47 Å². The SMILES string of the molecule is CC.CC.CCOC.COC.C[Te](C)(C)C.c1ccc2ccccc2c1.c1ccc2ccccc2c1. The van der Waals surface area contributed by atoms with Gasteiger partial charge in [0.15, 0.2) is 0 Å². The summed E-state index contributed by atoms with van der Waals surface area (Å²) in [5.74, 6) is 0. The fourth-order valence-electron chi connectivity index (χ4n) is 2.27. The molecule has 0 aliphatic rings. The van der Waals surface area contributed by atoms with Crippen LogP contribution in [0.15, 0.2) is 97.1 Å². The van der Waals surface area contributed by atoms with Gasteiger partial charge in [-0.1, -0.05) is 125 Å². The average Bonchev–Trinajstić information content (AvgIpc) is 2.91. The Hall–Kier alpha value is -1.89. The maximum Gasteiger partial charge on any atom is -0.0184 e. The molecule has 0 bridgehead atoms. The smallest absolute Gasteiger partial charge is 0.0184 e. The molecule has 0 heterocycles. The Morgan fingerprint density at radius 1 is 0.472 bits per heavy atom. The summed E-state index contributed by atoms with van der Waals surface area (Å²) in [4.78, 5) is 9.51. The van der Waals surface area contributed by atoms with E-state index in [0.717, 1.165) is 6.61 Å². The number of ether oxygens (including phenoxy) is 2. The van der Waals surface area contributed by atoms with Crippen LogP contribution in [0.5, 0.6) is 0 Å². The van der Waals surface area contributed by atoms with Crippen molar-refractivity contribution in [2.75, 3.05) is 27.9 Å². The van der Waals surface area contributed by atoms with Gasteiger partial charge < -0.3 is 9.47 Å². The number of hydrogen-bond acceptors (Lipinski definition) is 2. The largest absolute Gasteiger partial charge is 0.0616 e. The molecule has 0 aliphatic carbocycles. The second-order valence-electron chi connectivity index (χ2n) is 8.13. The van der Waals surface area contributed by atoms with Gasteiger partial charge in [-0.3, -0.25) is 0 Å². The minimum atomic E-state index is -1.02. The van der Waals surface area contributed by atoms with Crippen LogP contribution in [0.3, 0.4) is 0 Å². The molecule has 0 saturated heterocycles. The van der Waals surface area contributed by atoms with Crippen LogP contribution in [0.2, 0.25) is 19.9 Å². The summed E-state index contributed by atoms with van der Waals surface area (Å²) in [6, 6.07) is 33.4. The van der Waals surface area contributed by atoms with Crippen LogP contribution in [0.1, 0.15) is 34.6 Å². The van der Waals surface area contributed by atoms with Crippen LogP contribution < -0.4 is 0 Å². The van der Waals surface area contributed by atoms with Crippen molar-refractivity contribution in [3.8, 4) is 0 Å². The van der Waals surface area contributed by atoms with E-state index in [-0.39, 0.29) is 0 Å². The molecule has 0 aromatic heterocycles. The first-order chi connectivity index (χ1) is 17.3. The zero-order valence-electron chi connectivity index (χ0n) is 25.2. The fourth-order valence-corrected chi connectivity index (χ4v) is 2.27. The van der Waals surface area contributed by atoms with Crippen molar-refractivity contribution in [3.63, 3.8) is 0 Å². The van der Waals surface area contributed by atoms with Gasteiger partial charge in [0.05, 0.1) is 0 Å². The van der Waals surface area contributed by atoms with Gasteiger partial charge in [0.2, 0.25) is 0 Å². The van der Waals surface area contributed by atoms with Gasteiger partial charge in [0.25, 0.3) is 0 Å². The second kappa shape index (κ2) is 27.7. The molecule has 36 heavy (non-hydrogen) atoms. The van der Waals surface area contributed by atoms with E-state index < -0.39 is 18.2 Å². The molecule has 0 radical (unpaired) electrons. The maximum atomic E-state index is 4.54. The maximum absolute atomic E-state index is 4.54. The summed E-state index contributed by atoms with van der Waals surface area (Å²) in [7, 11) is 4.93. The predicted octanol–water partition coefficient (Wildman–Crippen LogP) is 10.6. The Morgan fingerprint density at radius 3 is 0.667 bits per heavy atom. The van der Waals surface area contributed by atoms with Crippen LogP contribution in [0, 0.1) is 0 Å². The van der Waals surface area contributed by atoms with Gasteiger partial charge in [-0.15, -0.1) is 0 Å². The summed E-state index contributed by atoms with van der Waals surface area (Å²) in [5, 5.41) is 5.24. The normalized spacial score (nSPS) is 9.33. The minimum absolute atomic E-state index is 0.819. The van der Waals surface area contributed by atoms with Gasteiger partial charge in [-0.2, -0.15) is 0 Å². The second-order valence-corrected chi connectivity index (χ2v) is 22.1. The molecule has 4 aromatic rings. The summed E-state index contributed by atoms with van der Waals surface area (Å²) >= 11 is -1.02. The molecule has 4 rings (SSSR count). The molecule has 204 valence electrons. The molecule has 0 fully saturated rings. The van der Waals surface area contributed by atoms with E-state index in [1.165, 1.54) is 21.5 Å². The fraction of sp³-hybridized carbons (Fsp3) is 0.394. The number of hydrogen-bond donors (Lipinski definition) is 0. The van der Waals surface area contributed by atoms with E-state index in [1.54, 1.807) is 21.3 Å². The van der Waals surface area contributed by atoms with E-state index in [9.17, 15) is 0 Å². The Morgan fingerprint density at radius 2 is 0.583 bits per heavy atom. The zero-order chi connectivity index (χ0) is 28.2. The standard InChI is InChI=1S/2C10H8.C4H12Te.C3H8O.C2H6O.2C2H6/c2*1-2-6-10-8-4-3-7-9(10)5-1;1-5(2,3)4;1-3-4-2;1-3-2;2*1-2/h2*1-8H;1-4H3;3H2,1-2H3;1-2H3;2*1-2H3. The number of rotatable bonds is 1. The van der Waals surface area contributed by atoms with Crippen molar-refractivity contribution in [1.82, 2.24) is 0 Å². The molecule has 0 unspecified atom stereocenters. The van der Waals surface area contributed by atoms with E-state index >= 15 is 0 Å². The quantitative estimate of drug-likeness (QED) is 0.200. The van der Waals surface area contributed by atoms with Crippen LogP contribution in [-0.4, -0.2) is 46.1 Å². The summed E-state index contributed by atoms with van der Waals surface area (Å²) in [5.41, 5.74) is 0. The van der Waals surface area contributed by atoms with E-state index in [0.29, 0.717) is 0 Å². The molecule has 0 amide bonds. The first-order valence-corrected chi connectivity index (χ1v) is 22.0. The van der Waals surface area contributed by atoms with Crippen LogP contribution in [0.4, 0.5) is 0 Å². The van der Waals surface area contributed by atoms with Crippen molar-refractivity contribution in [3.05, 3.63) is 97.1 Å². The Kier molecular flexibility index (Phi) is 29.7. The molecule has 4 aromatic carbocycles. The van der Waals surface area contributed by atoms with Gasteiger partial charge in [0.1, 0.15) is 0 Å². The van der Waals surface area contributed by atoms with E-state index in [1.807, 2.05) is 34.6 Å². The zero-order valence-corrected chi connectivity index (χ0v) is 27.5. The first kappa shape index (κ1) is 38.6. The average molecular weight is 610 g/mol. The third-order valence-electron chi connectivity index (χ3n) is 3.61. The van der Waals surface area contributed by atoms with Crippen LogP contribution in [0.25, 0.3) is 21.5 Å². The van der Waals surface area contributed by atoms with Crippen LogP contribution in [-0.2, 0) is 9.47 Å². The molecule has 0 saturated carbocycles. The third-order valence-corrected chi connectivity index (χ3v) is 3.61. The van der Waals surface area contributed by atoms with E-state index in [2.05, 4.69) is 126 Å².